The number of para-hydroxylation sites is 1. The quantitative estimate of drug-likeness (QED) is 0.182. The number of imidazole rings is 1. The summed E-state index contributed by atoms with van der Waals surface area (Å²) >= 11 is 3.67. The molecule has 0 atom stereocenters. The summed E-state index contributed by atoms with van der Waals surface area (Å²) in [6.45, 7) is 0. The average Bonchev–Trinajstić information content (AvgIpc) is 3.87. The van der Waals surface area contributed by atoms with E-state index in [4.69, 9.17) is 4.98 Å². The number of nitrogens with zero attached hydrogens (tertiary/aromatic N) is 2. The summed E-state index contributed by atoms with van der Waals surface area (Å²) in [7, 11) is 0. The van der Waals surface area contributed by atoms with Crippen molar-refractivity contribution in [2.75, 3.05) is 0 Å². The molecule has 10 rings (SSSR count). The molecule has 3 heterocycles. The van der Waals surface area contributed by atoms with Crippen LogP contribution in [0.25, 0.3) is 90.7 Å². The molecule has 0 amide bonds. The zero-order valence-electron chi connectivity index (χ0n) is 24.1. The minimum absolute atomic E-state index is 0.982. The van der Waals surface area contributed by atoms with Crippen LogP contribution in [0.3, 0.4) is 0 Å². The molecule has 2 nitrogen and oxygen atoms in total. The Morgan fingerprint density at radius 2 is 1.04 bits per heavy atom. The number of fused-ring (bicyclic) bond motifs is 4. The van der Waals surface area contributed by atoms with E-state index in [2.05, 4.69) is 150 Å². The Morgan fingerprint density at radius 1 is 0.444 bits per heavy atom. The first-order valence-corrected chi connectivity index (χ1v) is 16.8. The zero-order valence-corrected chi connectivity index (χ0v) is 25.7. The van der Waals surface area contributed by atoms with Gasteiger partial charge >= 0.3 is 0 Å². The molecule has 0 aliphatic carbocycles. The van der Waals surface area contributed by atoms with E-state index in [9.17, 15) is 0 Å². The predicted molar refractivity (Wildman–Crippen MR) is 194 cm³/mol. The number of aromatic nitrogens is 2. The largest absolute Gasteiger partial charge is 0.291 e. The Bertz CT molecular complexity index is 2710. The number of thiophene rings is 2. The lowest BCUT2D eigenvalue weighted by Crippen LogP contribution is -1.97. The van der Waals surface area contributed by atoms with E-state index in [1.54, 1.807) is 0 Å². The lowest BCUT2D eigenvalue weighted by atomic mass is 9.93. The highest BCUT2D eigenvalue weighted by Gasteiger charge is 2.23. The van der Waals surface area contributed by atoms with Gasteiger partial charge in [-0.05, 0) is 80.3 Å². The third-order valence-electron chi connectivity index (χ3n) is 9.00. The Hall–Kier alpha value is -5.29. The van der Waals surface area contributed by atoms with Crippen molar-refractivity contribution in [2.24, 2.45) is 0 Å². The number of benzene rings is 7. The third-order valence-corrected chi connectivity index (χ3v) is 11.4. The molecule has 3 aromatic heterocycles. The van der Waals surface area contributed by atoms with E-state index in [0.29, 0.717) is 0 Å². The van der Waals surface area contributed by atoms with Gasteiger partial charge in [-0.25, -0.2) is 4.98 Å². The van der Waals surface area contributed by atoms with Gasteiger partial charge in [0.1, 0.15) is 0 Å². The molecule has 10 aromatic rings. The van der Waals surface area contributed by atoms with E-state index in [-0.39, 0.29) is 0 Å². The van der Waals surface area contributed by atoms with Crippen molar-refractivity contribution < 1.29 is 0 Å². The van der Waals surface area contributed by atoms with Crippen molar-refractivity contribution in [3.05, 3.63) is 146 Å². The summed E-state index contributed by atoms with van der Waals surface area (Å²) in [4.78, 5) is 10.5. The van der Waals surface area contributed by atoms with Crippen LogP contribution in [-0.4, -0.2) is 9.55 Å². The van der Waals surface area contributed by atoms with Crippen LogP contribution < -0.4 is 0 Å². The molecule has 0 fully saturated rings. The standard InChI is InChI=1S/C41H24N2S2/c1-2-12-30(13-3-1)43-40-32-15-7-11-27-18-17-26-10-6-14-31(37(26)38(27)32)39(40)42-41(43)36-23-22-35(45-36)34-21-20-33(44-34)29-19-16-25-8-4-5-9-28(25)24-29/h1-24H. The zero-order chi connectivity index (χ0) is 29.5. The molecule has 0 bridgehead atoms. The highest BCUT2D eigenvalue weighted by Crippen LogP contribution is 2.45. The molecular formula is C41H24N2S2. The summed E-state index contributed by atoms with van der Waals surface area (Å²) in [5.74, 6) is 0.982. The first-order valence-electron chi connectivity index (χ1n) is 15.1. The first-order chi connectivity index (χ1) is 22.3. The summed E-state index contributed by atoms with van der Waals surface area (Å²) in [6.07, 6.45) is 0. The lowest BCUT2D eigenvalue weighted by molar-refractivity contribution is 1.11. The molecule has 45 heavy (non-hydrogen) atoms. The fourth-order valence-corrected chi connectivity index (χ4v) is 9.04. The van der Waals surface area contributed by atoms with E-state index in [1.807, 2.05) is 22.7 Å². The van der Waals surface area contributed by atoms with Crippen molar-refractivity contribution in [1.82, 2.24) is 9.55 Å². The van der Waals surface area contributed by atoms with Gasteiger partial charge in [0.05, 0.1) is 15.9 Å². The van der Waals surface area contributed by atoms with Crippen LogP contribution >= 0.6 is 22.7 Å². The minimum Gasteiger partial charge on any atom is -0.291 e. The Balaban J connectivity index is 1.18. The number of hydrogen-bond donors (Lipinski definition) is 0. The fraction of sp³-hybridized carbons (Fsp3) is 0. The van der Waals surface area contributed by atoms with Gasteiger partial charge in [-0.1, -0.05) is 103 Å². The monoisotopic (exact) mass is 608 g/mol. The van der Waals surface area contributed by atoms with Crippen LogP contribution in [0.4, 0.5) is 0 Å². The van der Waals surface area contributed by atoms with E-state index < -0.39 is 0 Å². The van der Waals surface area contributed by atoms with Crippen LogP contribution in [0.2, 0.25) is 0 Å². The first kappa shape index (κ1) is 25.1. The van der Waals surface area contributed by atoms with Gasteiger partial charge in [-0.3, -0.25) is 4.57 Å². The van der Waals surface area contributed by atoms with Crippen molar-refractivity contribution in [3.63, 3.8) is 0 Å². The van der Waals surface area contributed by atoms with E-state index >= 15 is 0 Å². The van der Waals surface area contributed by atoms with E-state index in [0.717, 1.165) is 27.4 Å². The smallest absolute Gasteiger partial charge is 0.155 e. The van der Waals surface area contributed by atoms with Gasteiger partial charge in [0.15, 0.2) is 5.82 Å². The summed E-state index contributed by atoms with van der Waals surface area (Å²) in [6, 6.07) is 52.8. The van der Waals surface area contributed by atoms with Crippen molar-refractivity contribution in [3.8, 4) is 36.6 Å². The second-order valence-corrected chi connectivity index (χ2v) is 13.7. The fourth-order valence-electron chi connectivity index (χ4n) is 6.96. The van der Waals surface area contributed by atoms with E-state index in [1.165, 1.54) is 63.3 Å². The minimum atomic E-state index is 0.982. The molecule has 0 saturated carbocycles. The van der Waals surface area contributed by atoms with Crippen molar-refractivity contribution in [2.45, 2.75) is 0 Å². The molecule has 4 heteroatoms. The summed E-state index contributed by atoms with van der Waals surface area (Å²) in [5.41, 5.74) is 4.60. The van der Waals surface area contributed by atoms with Crippen LogP contribution in [0.5, 0.6) is 0 Å². The highest BCUT2D eigenvalue weighted by atomic mass is 32.1. The summed E-state index contributed by atoms with van der Waals surface area (Å²) in [5, 5.41) is 10.1. The molecule has 210 valence electrons. The van der Waals surface area contributed by atoms with Gasteiger partial charge < -0.3 is 0 Å². The molecule has 0 unspecified atom stereocenters. The van der Waals surface area contributed by atoms with Gasteiger partial charge in [0.25, 0.3) is 0 Å². The number of hydrogen-bond acceptors (Lipinski definition) is 3. The van der Waals surface area contributed by atoms with Gasteiger partial charge in [-0.15, -0.1) is 22.7 Å². The Labute approximate surface area is 267 Å². The second kappa shape index (κ2) is 9.60. The molecule has 0 N–H and O–H groups in total. The molecule has 0 aliphatic heterocycles. The Morgan fingerprint density at radius 3 is 1.84 bits per heavy atom. The van der Waals surface area contributed by atoms with Crippen LogP contribution in [0.15, 0.2) is 146 Å². The van der Waals surface area contributed by atoms with Gasteiger partial charge in [-0.2, -0.15) is 0 Å². The average molecular weight is 609 g/mol. The van der Waals surface area contributed by atoms with Crippen LogP contribution in [-0.2, 0) is 0 Å². The SMILES string of the molecule is c1ccc(-n2c(-c3ccc(-c4ccc(-c5ccc6ccccc6c5)s4)s3)nc3c4cccc5ccc6cccc(c6c54)c32)cc1. The maximum Gasteiger partial charge on any atom is 0.155 e. The molecular weight excluding hydrogens is 585 g/mol. The third kappa shape index (κ3) is 3.77. The molecule has 0 spiro atoms. The topological polar surface area (TPSA) is 17.8 Å². The molecule has 0 aliphatic rings. The highest BCUT2D eigenvalue weighted by molar-refractivity contribution is 7.25. The van der Waals surface area contributed by atoms with Crippen molar-refractivity contribution in [1.29, 1.82) is 0 Å². The normalized spacial score (nSPS) is 12.0. The van der Waals surface area contributed by atoms with Crippen molar-refractivity contribution >= 4 is 76.8 Å². The Kier molecular flexibility index (Phi) is 5.35. The molecule has 0 saturated heterocycles. The maximum absolute atomic E-state index is 5.47. The molecule has 0 radical (unpaired) electrons. The maximum atomic E-state index is 5.47. The predicted octanol–water partition coefficient (Wildman–Crippen LogP) is 12.2. The van der Waals surface area contributed by atoms with Gasteiger partial charge in [0, 0.05) is 31.1 Å². The van der Waals surface area contributed by atoms with Gasteiger partial charge in [0.2, 0.25) is 0 Å². The summed E-state index contributed by atoms with van der Waals surface area (Å²) < 4.78 is 2.38. The molecule has 7 aromatic carbocycles. The second-order valence-electron chi connectivity index (χ2n) is 11.6. The van der Waals surface area contributed by atoms with Crippen LogP contribution in [0.1, 0.15) is 0 Å². The van der Waals surface area contributed by atoms with Crippen LogP contribution in [0, 0.1) is 0 Å². The lowest BCUT2D eigenvalue weighted by Gasteiger charge is -2.14. The number of rotatable bonds is 4.